The minimum absolute atomic E-state index is 0.118. The third-order valence-corrected chi connectivity index (χ3v) is 3.50. The van der Waals surface area contributed by atoms with Crippen molar-refractivity contribution in [3.63, 3.8) is 0 Å². The van der Waals surface area contributed by atoms with E-state index in [1.54, 1.807) is 29.2 Å². The molecule has 9 heteroatoms. The molecule has 0 bridgehead atoms. The predicted molar refractivity (Wildman–Crippen MR) is 82.1 cm³/mol. The Labute approximate surface area is 131 Å². The number of carbonyl (C=O) groups is 1. The summed E-state index contributed by atoms with van der Waals surface area (Å²) < 4.78 is 1.62. The normalized spacial score (nSPS) is 13.6. The highest BCUT2D eigenvalue weighted by Crippen LogP contribution is 2.26. The molecule has 0 atom stereocenters. The monoisotopic (exact) mass is 316 g/mol. The molecular formula is C14H16N6O3. The van der Waals surface area contributed by atoms with Gasteiger partial charge in [-0.05, 0) is 25.0 Å². The zero-order chi connectivity index (χ0) is 16.2. The molecule has 0 radical (unpaired) electrons. The van der Waals surface area contributed by atoms with Crippen molar-refractivity contribution in [2.75, 3.05) is 11.9 Å². The van der Waals surface area contributed by atoms with E-state index >= 15 is 0 Å². The summed E-state index contributed by atoms with van der Waals surface area (Å²) in [6.45, 7) is 0.985. The van der Waals surface area contributed by atoms with Gasteiger partial charge in [-0.15, -0.1) is 5.10 Å². The minimum Gasteiger partial charge on any atom is -0.378 e. The van der Waals surface area contributed by atoms with E-state index < -0.39 is 4.92 Å². The summed E-state index contributed by atoms with van der Waals surface area (Å²) in [6.07, 6.45) is 5.21. The first-order chi connectivity index (χ1) is 11.1. The van der Waals surface area contributed by atoms with Gasteiger partial charge in [-0.1, -0.05) is 5.21 Å². The molecule has 1 aromatic carbocycles. The van der Waals surface area contributed by atoms with Gasteiger partial charge in [-0.25, -0.2) is 0 Å². The second kappa shape index (κ2) is 6.42. The summed E-state index contributed by atoms with van der Waals surface area (Å²) in [5.74, 6) is -0.273. The fraction of sp³-hybridized carbons (Fsp3) is 0.357. The lowest BCUT2D eigenvalue weighted by molar-refractivity contribution is -0.384. The van der Waals surface area contributed by atoms with Crippen LogP contribution in [0.4, 0.5) is 11.4 Å². The van der Waals surface area contributed by atoms with Gasteiger partial charge in [0.15, 0.2) is 0 Å². The average molecular weight is 316 g/mol. The zero-order valence-electron chi connectivity index (χ0n) is 12.3. The molecule has 1 amide bonds. The van der Waals surface area contributed by atoms with Crippen molar-refractivity contribution in [2.45, 2.75) is 25.4 Å². The van der Waals surface area contributed by atoms with Gasteiger partial charge in [0.05, 0.1) is 17.7 Å². The van der Waals surface area contributed by atoms with Gasteiger partial charge in [0.2, 0.25) is 0 Å². The minimum atomic E-state index is -0.494. The molecule has 0 aliphatic heterocycles. The lowest BCUT2D eigenvalue weighted by atomic mass is 10.1. The largest absolute Gasteiger partial charge is 0.378 e. The predicted octanol–water partition coefficient (Wildman–Crippen LogP) is 1.19. The number of carbonyl (C=O) groups excluding carboxylic acids is 1. The molecule has 2 aromatic rings. The van der Waals surface area contributed by atoms with Gasteiger partial charge in [0.25, 0.3) is 11.6 Å². The Kier molecular flexibility index (Phi) is 4.18. The van der Waals surface area contributed by atoms with Crippen molar-refractivity contribution in [1.29, 1.82) is 0 Å². The number of nitro groups is 1. The summed E-state index contributed by atoms with van der Waals surface area (Å²) in [7, 11) is 0. The highest BCUT2D eigenvalue weighted by atomic mass is 16.6. The SMILES string of the molecule is O=C(NC1CC1)c1ccc(NCCn2ccnn2)c([N+](=O)[O-])c1. The Hall–Kier alpha value is -2.97. The van der Waals surface area contributed by atoms with Gasteiger partial charge in [-0.2, -0.15) is 0 Å². The maximum atomic E-state index is 12.0. The third-order valence-electron chi connectivity index (χ3n) is 3.50. The van der Waals surface area contributed by atoms with Crippen LogP contribution in [-0.4, -0.2) is 38.4 Å². The third kappa shape index (κ3) is 3.82. The van der Waals surface area contributed by atoms with Gasteiger partial charge in [-0.3, -0.25) is 19.6 Å². The van der Waals surface area contributed by atoms with E-state index in [0.717, 1.165) is 12.8 Å². The number of anilines is 1. The van der Waals surface area contributed by atoms with E-state index in [1.165, 1.54) is 6.07 Å². The van der Waals surface area contributed by atoms with Crippen molar-refractivity contribution in [2.24, 2.45) is 0 Å². The van der Waals surface area contributed by atoms with Crippen molar-refractivity contribution < 1.29 is 9.72 Å². The molecule has 3 rings (SSSR count). The number of nitrogens with one attached hydrogen (secondary N) is 2. The maximum Gasteiger partial charge on any atom is 0.293 e. The first-order valence-corrected chi connectivity index (χ1v) is 7.31. The quantitative estimate of drug-likeness (QED) is 0.585. The van der Waals surface area contributed by atoms with Crippen LogP contribution >= 0.6 is 0 Å². The Balaban J connectivity index is 1.68. The molecule has 120 valence electrons. The summed E-state index contributed by atoms with van der Waals surface area (Å²) in [5, 5.41) is 24.5. The molecule has 9 nitrogen and oxygen atoms in total. The van der Waals surface area contributed by atoms with E-state index in [9.17, 15) is 14.9 Å². The molecule has 1 aliphatic rings. The average Bonchev–Trinajstić information content (AvgIpc) is 3.19. The molecule has 0 saturated heterocycles. The summed E-state index contributed by atoms with van der Waals surface area (Å²) in [4.78, 5) is 22.7. The Morgan fingerprint density at radius 2 is 2.26 bits per heavy atom. The second-order valence-electron chi connectivity index (χ2n) is 5.33. The fourth-order valence-corrected chi connectivity index (χ4v) is 2.13. The van der Waals surface area contributed by atoms with Gasteiger partial charge in [0.1, 0.15) is 5.69 Å². The van der Waals surface area contributed by atoms with Crippen molar-refractivity contribution in [3.05, 3.63) is 46.3 Å². The van der Waals surface area contributed by atoms with Gasteiger partial charge in [0, 0.05) is 30.4 Å². The van der Waals surface area contributed by atoms with Crippen LogP contribution in [0.1, 0.15) is 23.2 Å². The maximum absolute atomic E-state index is 12.0. The number of hydrogen-bond donors (Lipinski definition) is 2. The number of nitrogens with zero attached hydrogens (tertiary/aromatic N) is 4. The number of hydrogen-bond acceptors (Lipinski definition) is 6. The summed E-state index contributed by atoms with van der Waals surface area (Å²) in [6, 6.07) is 4.65. The number of benzene rings is 1. The van der Waals surface area contributed by atoms with Crippen molar-refractivity contribution >= 4 is 17.3 Å². The van der Waals surface area contributed by atoms with E-state index in [1.807, 2.05) is 0 Å². The molecule has 1 saturated carbocycles. The lowest BCUT2D eigenvalue weighted by Gasteiger charge is -2.09. The Morgan fingerprint density at radius 1 is 1.43 bits per heavy atom. The summed E-state index contributed by atoms with van der Waals surface area (Å²) >= 11 is 0. The molecule has 2 N–H and O–H groups in total. The van der Waals surface area contributed by atoms with Gasteiger partial charge >= 0.3 is 0 Å². The van der Waals surface area contributed by atoms with Crippen LogP contribution in [0.25, 0.3) is 0 Å². The molecule has 23 heavy (non-hydrogen) atoms. The molecule has 1 aromatic heterocycles. The Morgan fingerprint density at radius 3 is 2.91 bits per heavy atom. The molecule has 0 unspecified atom stereocenters. The van der Waals surface area contributed by atoms with E-state index in [-0.39, 0.29) is 17.6 Å². The number of aromatic nitrogens is 3. The molecule has 1 aliphatic carbocycles. The molecule has 1 fully saturated rings. The number of nitro benzene ring substituents is 1. The highest BCUT2D eigenvalue weighted by molar-refractivity contribution is 5.96. The van der Waals surface area contributed by atoms with Crippen LogP contribution in [0.3, 0.4) is 0 Å². The molecular weight excluding hydrogens is 300 g/mol. The topological polar surface area (TPSA) is 115 Å². The van der Waals surface area contributed by atoms with E-state index in [4.69, 9.17) is 0 Å². The van der Waals surface area contributed by atoms with Crippen molar-refractivity contribution in [1.82, 2.24) is 20.3 Å². The zero-order valence-corrected chi connectivity index (χ0v) is 12.3. The van der Waals surface area contributed by atoms with E-state index in [2.05, 4.69) is 20.9 Å². The second-order valence-corrected chi connectivity index (χ2v) is 5.33. The number of amides is 1. The smallest absolute Gasteiger partial charge is 0.293 e. The van der Waals surface area contributed by atoms with Crippen LogP contribution in [0.2, 0.25) is 0 Å². The van der Waals surface area contributed by atoms with Crippen molar-refractivity contribution in [3.8, 4) is 0 Å². The molecule has 0 spiro atoms. The first kappa shape index (κ1) is 14.9. The summed E-state index contributed by atoms with van der Waals surface area (Å²) in [5.41, 5.74) is 0.551. The standard InChI is InChI=1S/C14H16N6O3/c21-14(17-11-2-3-11)10-1-4-12(13(9-10)20(22)23)15-5-7-19-8-6-16-18-19/h1,4,6,8-9,11,15H,2-3,5,7H2,(H,17,21). The van der Waals surface area contributed by atoms with Crippen LogP contribution in [0.15, 0.2) is 30.6 Å². The highest BCUT2D eigenvalue weighted by Gasteiger charge is 2.25. The Bertz CT molecular complexity index is 711. The van der Waals surface area contributed by atoms with E-state index in [0.29, 0.717) is 24.3 Å². The van der Waals surface area contributed by atoms with Gasteiger partial charge < -0.3 is 10.6 Å². The van der Waals surface area contributed by atoms with Crippen LogP contribution in [0.5, 0.6) is 0 Å². The lowest BCUT2D eigenvalue weighted by Crippen LogP contribution is -2.25. The van der Waals surface area contributed by atoms with Crippen LogP contribution in [-0.2, 0) is 6.54 Å². The fourth-order valence-electron chi connectivity index (χ4n) is 2.13. The number of rotatable bonds is 7. The van der Waals surface area contributed by atoms with Crippen LogP contribution in [0, 0.1) is 10.1 Å². The first-order valence-electron chi connectivity index (χ1n) is 7.31. The van der Waals surface area contributed by atoms with Crippen LogP contribution < -0.4 is 10.6 Å². The molecule has 1 heterocycles.